The Balaban J connectivity index is 1.41. The first-order chi connectivity index (χ1) is 14.0. The Kier molecular flexibility index (Phi) is 4.28. The number of amides is 2. The van der Waals surface area contributed by atoms with Crippen LogP contribution in [0.15, 0.2) is 53.4 Å². The summed E-state index contributed by atoms with van der Waals surface area (Å²) in [4.78, 5) is 40.0. The highest BCUT2D eigenvalue weighted by Crippen LogP contribution is 2.60. The molecular formula is C23H21NO4S. The summed E-state index contributed by atoms with van der Waals surface area (Å²) in [6.07, 6.45) is 1.73. The topological polar surface area (TPSA) is 74.7 Å². The largest absolute Gasteiger partial charge is 0.478 e. The predicted octanol–water partition coefficient (Wildman–Crippen LogP) is 4.00. The fourth-order valence-electron chi connectivity index (χ4n) is 5.39. The van der Waals surface area contributed by atoms with Crippen LogP contribution in [0, 0.1) is 30.6 Å². The molecule has 2 amide bonds. The van der Waals surface area contributed by atoms with Gasteiger partial charge in [-0.05, 0) is 55.9 Å². The number of carbonyl (C=O) groups excluding carboxylic acids is 2. The molecule has 3 fully saturated rings. The summed E-state index contributed by atoms with van der Waals surface area (Å²) in [6.45, 7) is 1.98. The third-order valence-electron chi connectivity index (χ3n) is 6.64. The van der Waals surface area contributed by atoms with E-state index in [4.69, 9.17) is 0 Å². The van der Waals surface area contributed by atoms with Gasteiger partial charge >= 0.3 is 5.97 Å². The van der Waals surface area contributed by atoms with E-state index in [-0.39, 0.29) is 40.7 Å². The van der Waals surface area contributed by atoms with Crippen LogP contribution in [0.4, 0.5) is 5.69 Å². The predicted molar refractivity (Wildman–Crippen MR) is 110 cm³/mol. The lowest BCUT2D eigenvalue weighted by Crippen LogP contribution is -2.33. The van der Waals surface area contributed by atoms with Crippen LogP contribution in [0.1, 0.15) is 28.8 Å². The van der Waals surface area contributed by atoms with Crippen molar-refractivity contribution in [1.29, 1.82) is 0 Å². The third-order valence-corrected chi connectivity index (χ3v) is 8.10. The van der Waals surface area contributed by atoms with Crippen LogP contribution < -0.4 is 4.90 Å². The molecule has 0 aromatic heterocycles. The molecule has 29 heavy (non-hydrogen) atoms. The molecule has 1 heterocycles. The van der Waals surface area contributed by atoms with Gasteiger partial charge in [-0.1, -0.05) is 29.8 Å². The van der Waals surface area contributed by atoms with E-state index in [2.05, 4.69) is 0 Å². The second kappa shape index (κ2) is 6.73. The highest BCUT2D eigenvalue weighted by atomic mass is 32.2. The fourth-order valence-corrected chi connectivity index (χ4v) is 6.96. The molecule has 148 valence electrons. The average molecular weight is 407 g/mol. The van der Waals surface area contributed by atoms with E-state index in [9.17, 15) is 19.5 Å². The number of thioether (sulfide) groups is 1. The minimum atomic E-state index is -0.938. The number of hydrogen-bond acceptors (Lipinski definition) is 4. The Labute approximate surface area is 173 Å². The van der Waals surface area contributed by atoms with Crippen molar-refractivity contribution in [1.82, 2.24) is 0 Å². The maximum atomic E-state index is 13.2. The van der Waals surface area contributed by atoms with E-state index in [1.165, 1.54) is 4.90 Å². The monoisotopic (exact) mass is 407 g/mol. The van der Waals surface area contributed by atoms with Crippen molar-refractivity contribution >= 4 is 35.2 Å². The summed E-state index contributed by atoms with van der Waals surface area (Å²) in [5.41, 5.74) is 2.04. The Morgan fingerprint density at radius 1 is 1.00 bits per heavy atom. The van der Waals surface area contributed by atoms with E-state index < -0.39 is 5.97 Å². The van der Waals surface area contributed by atoms with Gasteiger partial charge in [-0.25, -0.2) is 4.79 Å². The summed E-state index contributed by atoms with van der Waals surface area (Å²) in [6, 6.07) is 14.5. The van der Waals surface area contributed by atoms with Gasteiger partial charge in [0.15, 0.2) is 0 Å². The number of benzene rings is 2. The number of nitrogens with zero attached hydrogens (tertiary/aromatic N) is 1. The van der Waals surface area contributed by atoms with Gasteiger partial charge < -0.3 is 5.11 Å². The zero-order valence-electron chi connectivity index (χ0n) is 15.9. The second-order valence-corrected chi connectivity index (χ2v) is 9.53. The molecule has 6 heteroatoms. The fraction of sp³-hybridized carbons (Fsp3) is 0.348. The minimum Gasteiger partial charge on any atom is -0.478 e. The first-order valence-corrected chi connectivity index (χ1v) is 10.8. The zero-order chi connectivity index (χ0) is 20.3. The van der Waals surface area contributed by atoms with Crippen molar-refractivity contribution in [2.45, 2.75) is 29.9 Å². The molecule has 1 saturated heterocycles. The number of carbonyl (C=O) groups is 3. The molecule has 5 atom stereocenters. The molecule has 5 rings (SSSR count). The molecule has 0 radical (unpaired) electrons. The molecule has 3 aliphatic rings. The number of rotatable bonds is 4. The molecule has 0 spiro atoms. The number of aromatic carboxylic acids is 1. The van der Waals surface area contributed by atoms with E-state index in [0.29, 0.717) is 11.3 Å². The van der Waals surface area contributed by atoms with E-state index in [1.807, 2.05) is 43.3 Å². The summed E-state index contributed by atoms with van der Waals surface area (Å²) in [5.74, 6) is -1.28. The second-order valence-electron chi connectivity index (χ2n) is 8.25. The van der Waals surface area contributed by atoms with Crippen molar-refractivity contribution in [2.24, 2.45) is 23.7 Å². The number of imide groups is 1. The van der Waals surface area contributed by atoms with Gasteiger partial charge in [0.2, 0.25) is 11.8 Å². The number of carboxylic acids is 1. The van der Waals surface area contributed by atoms with Crippen molar-refractivity contribution in [2.75, 3.05) is 4.90 Å². The summed E-state index contributed by atoms with van der Waals surface area (Å²) < 4.78 is 0. The van der Waals surface area contributed by atoms with Crippen LogP contribution >= 0.6 is 11.8 Å². The Morgan fingerprint density at radius 2 is 1.69 bits per heavy atom. The van der Waals surface area contributed by atoms with Gasteiger partial charge in [-0.2, -0.15) is 0 Å². The molecule has 2 bridgehead atoms. The lowest BCUT2D eigenvalue weighted by atomic mass is 9.81. The van der Waals surface area contributed by atoms with E-state index in [1.54, 1.807) is 23.9 Å². The maximum absolute atomic E-state index is 13.2. The van der Waals surface area contributed by atoms with Gasteiger partial charge in [0.05, 0.1) is 23.1 Å². The van der Waals surface area contributed by atoms with Crippen molar-refractivity contribution in [3.63, 3.8) is 0 Å². The van der Waals surface area contributed by atoms with Crippen molar-refractivity contribution in [3.05, 3.63) is 59.7 Å². The third kappa shape index (κ3) is 2.81. The first-order valence-electron chi connectivity index (χ1n) is 9.89. The van der Waals surface area contributed by atoms with Gasteiger partial charge in [0.1, 0.15) is 0 Å². The lowest BCUT2D eigenvalue weighted by molar-refractivity contribution is -0.123. The van der Waals surface area contributed by atoms with Crippen molar-refractivity contribution in [3.8, 4) is 0 Å². The molecule has 2 aromatic rings. The van der Waals surface area contributed by atoms with Gasteiger partial charge in [0.25, 0.3) is 0 Å². The molecule has 5 nitrogen and oxygen atoms in total. The Bertz CT molecular complexity index is 1020. The molecule has 1 aliphatic heterocycles. The van der Waals surface area contributed by atoms with E-state index in [0.717, 1.165) is 23.3 Å². The zero-order valence-corrected chi connectivity index (χ0v) is 16.8. The van der Waals surface area contributed by atoms with Crippen molar-refractivity contribution < 1.29 is 19.5 Å². The SMILES string of the molecule is Cc1ccc(N2C(=O)[C@H]3[C@H]4C[C@@H]([C@@H]3C2=O)[C@H](Sc2ccccc2C(=O)O)C4)cc1. The Hall–Kier alpha value is -2.60. The van der Waals surface area contributed by atoms with E-state index >= 15 is 0 Å². The van der Waals surface area contributed by atoms with Crippen LogP contribution in [0.5, 0.6) is 0 Å². The quantitative estimate of drug-likeness (QED) is 0.776. The van der Waals surface area contributed by atoms with Crippen LogP contribution in [0.25, 0.3) is 0 Å². The number of aryl methyl sites for hydroxylation is 1. The minimum absolute atomic E-state index is 0.0641. The molecular weight excluding hydrogens is 386 g/mol. The molecule has 2 aliphatic carbocycles. The Morgan fingerprint density at radius 3 is 2.41 bits per heavy atom. The number of hydrogen-bond donors (Lipinski definition) is 1. The van der Waals surface area contributed by atoms with Crippen LogP contribution in [-0.2, 0) is 9.59 Å². The molecule has 2 saturated carbocycles. The maximum Gasteiger partial charge on any atom is 0.336 e. The molecule has 2 aromatic carbocycles. The van der Waals surface area contributed by atoms with Crippen LogP contribution in [-0.4, -0.2) is 28.1 Å². The summed E-state index contributed by atoms with van der Waals surface area (Å²) >= 11 is 1.56. The number of anilines is 1. The summed E-state index contributed by atoms with van der Waals surface area (Å²) in [5, 5.41) is 9.62. The number of carboxylic acid groups (broad SMARTS) is 1. The van der Waals surface area contributed by atoms with Gasteiger partial charge in [-0.15, -0.1) is 11.8 Å². The highest BCUT2D eigenvalue weighted by Gasteiger charge is 2.64. The molecule has 1 N–H and O–H groups in total. The normalized spacial score (nSPS) is 30.1. The average Bonchev–Trinajstić information content (AvgIpc) is 3.34. The lowest BCUT2D eigenvalue weighted by Gasteiger charge is -2.28. The number of fused-ring (bicyclic) bond motifs is 5. The van der Waals surface area contributed by atoms with Gasteiger partial charge in [0, 0.05) is 10.1 Å². The van der Waals surface area contributed by atoms with Crippen LogP contribution in [0.3, 0.4) is 0 Å². The molecule has 0 unspecified atom stereocenters. The smallest absolute Gasteiger partial charge is 0.336 e. The summed E-state index contributed by atoms with van der Waals surface area (Å²) in [7, 11) is 0. The standard InChI is InChI=1S/C23H21NO4S/c1-12-6-8-14(9-7-12)24-21(25)19-13-10-16(20(19)22(24)26)18(11-13)29-17-5-3-2-4-15(17)23(27)28/h2-9,13,16,18-20H,10-11H2,1H3,(H,27,28)/t13-,16+,18+,19-,20-/m0/s1. The van der Waals surface area contributed by atoms with Gasteiger partial charge in [-0.3, -0.25) is 14.5 Å². The first kappa shape index (κ1) is 18.4. The van der Waals surface area contributed by atoms with Crippen LogP contribution in [0.2, 0.25) is 0 Å². The highest BCUT2D eigenvalue weighted by molar-refractivity contribution is 8.00.